The number of aromatic nitrogens is 2. The van der Waals surface area contributed by atoms with Crippen molar-refractivity contribution in [1.82, 2.24) is 15.3 Å². The Morgan fingerprint density at radius 1 is 1.35 bits per heavy atom. The second kappa shape index (κ2) is 5.81. The number of hydrogen-bond donors (Lipinski definition) is 3. The molecule has 120 valence electrons. The molecule has 5 heteroatoms. The monoisotopic (exact) mass is 310 g/mol. The van der Waals surface area contributed by atoms with Crippen LogP contribution in [-0.2, 0) is 4.79 Å². The van der Waals surface area contributed by atoms with Crippen LogP contribution in [0.2, 0.25) is 0 Å². The van der Waals surface area contributed by atoms with Gasteiger partial charge in [0.2, 0.25) is 5.91 Å². The number of nitrogens with zero attached hydrogens (tertiary/aromatic N) is 1. The first-order valence-corrected chi connectivity index (χ1v) is 8.40. The van der Waals surface area contributed by atoms with Crippen LogP contribution in [0.3, 0.4) is 0 Å². The van der Waals surface area contributed by atoms with Crippen LogP contribution in [0.15, 0.2) is 24.4 Å². The summed E-state index contributed by atoms with van der Waals surface area (Å²) in [4.78, 5) is 19.8. The summed E-state index contributed by atoms with van der Waals surface area (Å²) in [6, 6.07) is 4.66. The van der Waals surface area contributed by atoms with Gasteiger partial charge in [0, 0.05) is 23.5 Å². The second-order valence-corrected chi connectivity index (χ2v) is 6.55. The van der Waals surface area contributed by atoms with Gasteiger partial charge in [0.1, 0.15) is 11.5 Å². The molecular formula is C18H22N4O. The molecule has 0 radical (unpaired) electrons. The predicted molar refractivity (Wildman–Crippen MR) is 92.1 cm³/mol. The van der Waals surface area contributed by atoms with E-state index in [1.165, 1.54) is 11.1 Å². The summed E-state index contributed by atoms with van der Waals surface area (Å²) >= 11 is 0. The molecule has 2 aromatic rings. The van der Waals surface area contributed by atoms with E-state index in [9.17, 15) is 4.79 Å². The lowest BCUT2D eigenvalue weighted by atomic mass is 9.90. The molecule has 1 atom stereocenters. The maximum Gasteiger partial charge on any atom is 0.228 e. The summed E-state index contributed by atoms with van der Waals surface area (Å²) in [5, 5.41) is 7.45. The van der Waals surface area contributed by atoms with Gasteiger partial charge in [-0.05, 0) is 62.4 Å². The number of hydrogen-bond acceptors (Lipinski definition) is 3. The van der Waals surface area contributed by atoms with Gasteiger partial charge in [-0.25, -0.2) is 4.98 Å². The zero-order chi connectivity index (χ0) is 15.8. The zero-order valence-corrected chi connectivity index (χ0v) is 13.4. The average molecular weight is 310 g/mol. The van der Waals surface area contributed by atoms with Crippen molar-refractivity contribution in [2.45, 2.75) is 38.1 Å². The highest BCUT2D eigenvalue weighted by atomic mass is 16.2. The van der Waals surface area contributed by atoms with Gasteiger partial charge in [-0.15, -0.1) is 0 Å². The average Bonchev–Trinajstić information content (AvgIpc) is 3.33. The molecule has 2 aromatic heterocycles. The van der Waals surface area contributed by atoms with Gasteiger partial charge < -0.3 is 15.6 Å². The minimum atomic E-state index is 0.0993. The smallest absolute Gasteiger partial charge is 0.228 e. The van der Waals surface area contributed by atoms with Crippen molar-refractivity contribution in [1.29, 1.82) is 0 Å². The molecule has 2 heterocycles. The van der Waals surface area contributed by atoms with Crippen LogP contribution >= 0.6 is 0 Å². The Balaban J connectivity index is 1.68. The van der Waals surface area contributed by atoms with Crippen LogP contribution in [0, 0.1) is 5.92 Å². The number of anilines is 1. The van der Waals surface area contributed by atoms with Crippen LogP contribution in [0.5, 0.6) is 0 Å². The van der Waals surface area contributed by atoms with E-state index in [2.05, 4.69) is 32.7 Å². The Hall–Kier alpha value is -2.14. The minimum Gasteiger partial charge on any atom is -0.346 e. The summed E-state index contributed by atoms with van der Waals surface area (Å²) in [5.41, 5.74) is 3.38. The number of nitrogens with one attached hydrogen (secondary N) is 3. The topological polar surface area (TPSA) is 69.8 Å². The maximum absolute atomic E-state index is 12.0. The molecule has 3 N–H and O–H groups in total. The maximum atomic E-state index is 12.0. The number of rotatable bonds is 4. The van der Waals surface area contributed by atoms with Crippen LogP contribution in [0.4, 0.5) is 5.82 Å². The van der Waals surface area contributed by atoms with E-state index in [0.29, 0.717) is 11.9 Å². The number of amides is 1. The highest BCUT2D eigenvalue weighted by Crippen LogP contribution is 2.34. The van der Waals surface area contributed by atoms with Crippen LogP contribution in [-0.4, -0.2) is 29.0 Å². The number of carbonyl (C=O) groups is 1. The normalized spacial score (nSPS) is 21.3. The molecule has 23 heavy (non-hydrogen) atoms. The molecule has 2 aliphatic carbocycles. The van der Waals surface area contributed by atoms with E-state index in [1.54, 1.807) is 0 Å². The lowest BCUT2D eigenvalue weighted by Crippen LogP contribution is -2.26. The SMILES string of the molecule is CNC1CC=C(c2cc(NC(=O)C3CC3)nc3[nH]ccc23)CC1. The third-order valence-electron chi connectivity index (χ3n) is 4.89. The van der Waals surface area contributed by atoms with Gasteiger partial charge in [0.15, 0.2) is 0 Å². The van der Waals surface area contributed by atoms with Crippen LogP contribution < -0.4 is 10.6 Å². The molecule has 0 aromatic carbocycles. The Morgan fingerprint density at radius 2 is 2.22 bits per heavy atom. The molecule has 2 aliphatic rings. The largest absolute Gasteiger partial charge is 0.346 e. The Kier molecular flexibility index (Phi) is 3.65. The Labute approximate surface area is 135 Å². The van der Waals surface area contributed by atoms with Crippen molar-refractivity contribution in [3.05, 3.63) is 30.0 Å². The lowest BCUT2D eigenvalue weighted by molar-refractivity contribution is -0.117. The third-order valence-corrected chi connectivity index (χ3v) is 4.89. The highest BCUT2D eigenvalue weighted by Gasteiger charge is 2.30. The molecule has 0 spiro atoms. The molecule has 4 rings (SSSR count). The highest BCUT2D eigenvalue weighted by molar-refractivity contribution is 5.97. The van der Waals surface area contributed by atoms with Gasteiger partial charge in [0.05, 0.1) is 0 Å². The number of fused-ring (bicyclic) bond motifs is 1. The fourth-order valence-electron chi connectivity index (χ4n) is 3.28. The van der Waals surface area contributed by atoms with E-state index in [1.807, 2.05) is 19.3 Å². The standard InChI is InChI=1S/C18H22N4O/c1-19-13-6-4-11(5-7-13)15-10-16(22-18(23)12-2-3-12)21-17-14(15)8-9-20-17/h4,8-10,12-13,19H,2-3,5-7H2,1H3,(H2,20,21,22,23). The zero-order valence-electron chi connectivity index (χ0n) is 13.4. The fraction of sp³-hybridized carbons (Fsp3) is 0.444. The Morgan fingerprint density at radius 3 is 2.91 bits per heavy atom. The molecule has 0 saturated heterocycles. The lowest BCUT2D eigenvalue weighted by Gasteiger charge is -2.22. The molecule has 0 aliphatic heterocycles. The molecule has 1 amide bonds. The van der Waals surface area contributed by atoms with Crippen molar-refractivity contribution >= 4 is 28.3 Å². The summed E-state index contributed by atoms with van der Waals surface area (Å²) in [5.74, 6) is 0.940. The molecule has 1 fully saturated rings. The van der Waals surface area contributed by atoms with E-state index < -0.39 is 0 Å². The van der Waals surface area contributed by atoms with Gasteiger partial charge in [0.25, 0.3) is 0 Å². The number of H-pyrrole nitrogens is 1. The van der Waals surface area contributed by atoms with Gasteiger partial charge in [-0.1, -0.05) is 6.08 Å². The van der Waals surface area contributed by atoms with E-state index in [4.69, 9.17) is 0 Å². The second-order valence-electron chi connectivity index (χ2n) is 6.55. The summed E-state index contributed by atoms with van der Waals surface area (Å²) in [6.45, 7) is 0. The summed E-state index contributed by atoms with van der Waals surface area (Å²) in [6.07, 6.45) is 9.46. The van der Waals surface area contributed by atoms with Crippen molar-refractivity contribution in [3.8, 4) is 0 Å². The third kappa shape index (κ3) is 2.88. The van der Waals surface area contributed by atoms with Crippen molar-refractivity contribution in [2.24, 2.45) is 5.92 Å². The first-order valence-electron chi connectivity index (χ1n) is 8.40. The molecular weight excluding hydrogens is 288 g/mol. The van der Waals surface area contributed by atoms with Gasteiger partial charge >= 0.3 is 0 Å². The summed E-state index contributed by atoms with van der Waals surface area (Å²) in [7, 11) is 2.02. The number of carbonyl (C=O) groups excluding carboxylic acids is 1. The molecule has 0 bridgehead atoms. The summed E-state index contributed by atoms with van der Waals surface area (Å²) < 4.78 is 0. The van der Waals surface area contributed by atoms with Crippen molar-refractivity contribution in [2.75, 3.05) is 12.4 Å². The van der Waals surface area contributed by atoms with Gasteiger partial charge in [-0.3, -0.25) is 4.79 Å². The van der Waals surface area contributed by atoms with Crippen LogP contribution in [0.1, 0.15) is 37.7 Å². The minimum absolute atomic E-state index is 0.0993. The van der Waals surface area contributed by atoms with Crippen LogP contribution in [0.25, 0.3) is 16.6 Å². The van der Waals surface area contributed by atoms with E-state index >= 15 is 0 Å². The van der Waals surface area contributed by atoms with Crippen molar-refractivity contribution < 1.29 is 4.79 Å². The molecule has 1 unspecified atom stereocenters. The quantitative estimate of drug-likeness (QED) is 0.813. The fourth-order valence-corrected chi connectivity index (χ4v) is 3.28. The number of pyridine rings is 1. The van der Waals surface area contributed by atoms with Crippen molar-refractivity contribution in [3.63, 3.8) is 0 Å². The van der Waals surface area contributed by atoms with E-state index in [-0.39, 0.29) is 11.8 Å². The Bertz CT molecular complexity index is 772. The number of allylic oxidation sites excluding steroid dienone is 1. The van der Waals surface area contributed by atoms with Gasteiger partial charge in [-0.2, -0.15) is 0 Å². The first-order chi connectivity index (χ1) is 11.2. The van der Waals surface area contributed by atoms with E-state index in [0.717, 1.165) is 43.1 Å². The number of aromatic amines is 1. The predicted octanol–water partition coefficient (Wildman–Crippen LogP) is 3.07. The first kappa shape index (κ1) is 14.5. The molecule has 5 nitrogen and oxygen atoms in total. The molecule has 1 saturated carbocycles.